The number of hydrogen-bond acceptors (Lipinski definition) is 9. The van der Waals surface area contributed by atoms with Gasteiger partial charge in [-0.1, -0.05) is 53.9 Å². The number of carbonyl (C=O) groups excluding carboxylic acids is 4. The van der Waals surface area contributed by atoms with Gasteiger partial charge in [0.25, 0.3) is 11.8 Å². The maximum Gasteiger partial charge on any atom is 0.260 e. The third kappa shape index (κ3) is 5.15. The standard InChI is InChI=1S/C38H37Cl2N3O8/c1-5-14-42-34(45)24-12-11-23-25(31(24)36(42)47)18-26-35(46)43(41-28-13-8-21(39)17-27(28)40)37(48)38(26,20-6-9-22(49-2)10-7-20)32(23)19-15-29(50-3)33(44)30(16-19)51-4/h6-11,13,15-17,24-26,31-32,41,44H,5,12,14,18H2,1-4H3/t24-,25+,26-,31-,32-,38+/m0/s1. The third-order valence-electron chi connectivity index (χ3n) is 11.0. The van der Waals surface area contributed by atoms with E-state index in [1.165, 1.54) is 32.3 Å². The molecule has 11 nitrogen and oxygen atoms in total. The van der Waals surface area contributed by atoms with Crippen LogP contribution in [0.2, 0.25) is 10.0 Å². The second-order valence-corrected chi connectivity index (χ2v) is 14.2. The van der Waals surface area contributed by atoms with Crippen molar-refractivity contribution < 1.29 is 38.5 Å². The molecule has 3 aromatic carbocycles. The van der Waals surface area contributed by atoms with E-state index in [9.17, 15) is 19.5 Å². The number of ether oxygens (including phenoxy) is 3. The number of phenolic OH excluding ortho intramolecular Hbond substituents is 1. The molecule has 4 amide bonds. The zero-order valence-corrected chi connectivity index (χ0v) is 30.0. The van der Waals surface area contributed by atoms with Crippen molar-refractivity contribution in [2.75, 3.05) is 33.3 Å². The summed E-state index contributed by atoms with van der Waals surface area (Å²) in [5.41, 5.74) is 3.51. The molecule has 0 spiro atoms. The second kappa shape index (κ2) is 13.1. The number of carbonyl (C=O) groups is 4. The second-order valence-electron chi connectivity index (χ2n) is 13.3. The zero-order valence-electron chi connectivity index (χ0n) is 28.4. The number of methoxy groups -OCH3 is 3. The average Bonchev–Trinajstić information content (AvgIpc) is 3.50. The van der Waals surface area contributed by atoms with Crippen molar-refractivity contribution in [3.05, 3.63) is 87.4 Å². The quantitative estimate of drug-likeness (QED) is 0.197. The molecule has 0 bridgehead atoms. The number of nitrogens with zero attached hydrogens (tertiary/aromatic N) is 2. The first-order valence-corrected chi connectivity index (χ1v) is 17.5. The normalized spacial score (nSPS) is 26.8. The van der Waals surface area contributed by atoms with Crippen LogP contribution < -0.4 is 19.6 Å². The lowest BCUT2D eigenvalue weighted by molar-refractivity contribution is -0.141. The van der Waals surface area contributed by atoms with Gasteiger partial charge in [-0.25, -0.2) is 0 Å². The van der Waals surface area contributed by atoms with Crippen molar-refractivity contribution in [1.82, 2.24) is 9.91 Å². The zero-order chi connectivity index (χ0) is 36.4. The van der Waals surface area contributed by atoms with Gasteiger partial charge in [-0.2, -0.15) is 5.01 Å². The van der Waals surface area contributed by atoms with Crippen molar-refractivity contribution in [3.8, 4) is 23.0 Å². The van der Waals surface area contributed by atoms with Crippen LogP contribution in [0, 0.1) is 23.7 Å². The largest absolute Gasteiger partial charge is 0.502 e. The summed E-state index contributed by atoms with van der Waals surface area (Å²) in [7, 11) is 4.35. The molecule has 51 heavy (non-hydrogen) atoms. The number of hydrazine groups is 1. The number of fused-ring (bicyclic) bond motifs is 4. The van der Waals surface area contributed by atoms with Crippen molar-refractivity contribution in [3.63, 3.8) is 0 Å². The summed E-state index contributed by atoms with van der Waals surface area (Å²) in [6.07, 6.45) is 2.99. The molecule has 4 aliphatic rings. The van der Waals surface area contributed by atoms with E-state index in [0.717, 1.165) is 10.6 Å². The summed E-state index contributed by atoms with van der Waals surface area (Å²) >= 11 is 12.7. The first-order valence-electron chi connectivity index (χ1n) is 16.8. The van der Waals surface area contributed by atoms with E-state index in [4.69, 9.17) is 37.4 Å². The van der Waals surface area contributed by atoms with E-state index in [2.05, 4.69) is 5.43 Å². The molecule has 0 unspecified atom stereocenters. The van der Waals surface area contributed by atoms with Crippen molar-refractivity contribution >= 4 is 52.5 Å². The van der Waals surface area contributed by atoms with Gasteiger partial charge in [0.2, 0.25) is 17.6 Å². The van der Waals surface area contributed by atoms with Crippen LogP contribution in [0.3, 0.4) is 0 Å². The summed E-state index contributed by atoms with van der Waals surface area (Å²) < 4.78 is 16.6. The maximum absolute atomic E-state index is 15.4. The third-order valence-corrected chi connectivity index (χ3v) is 11.5. The maximum atomic E-state index is 15.4. The fourth-order valence-electron chi connectivity index (χ4n) is 8.81. The number of aromatic hydroxyl groups is 1. The lowest BCUT2D eigenvalue weighted by atomic mass is 9.49. The van der Waals surface area contributed by atoms with E-state index in [0.29, 0.717) is 40.6 Å². The van der Waals surface area contributed by atoms with Crippen LogP contribution in [0.25, 0.3) is 0 Å². The summed E-state index contributed by atoms with van der Waals surface area (Å²) in [5, 5.41) is 12.5. The fourth-order valence-corrected chi connectivity index (χ4v) is 9.26. The number of amides is 4. The number of phenols is 1. The van der Waals surface area contributed by atoms with Crippen molar-refractivity contribution in [2.24, 2.45) is 23.7 Å². The Kier molecular flexibility index (Phi) is 8.91. The van der Waals surface area contributed by atoms with Gasteiger partial charge in [0.15, 0.2) is 11.5 Å². The Hall–Kier alpha value is -4.74. The minimum absolute atomic E-state index is 0.100. The number of halogens is 2. The fraction of sp³-hybridized carbons (Fsp3) is 0.368. The first-order chi connectivity index (χ1) is 24.5. The number of imide groups is 2. The van der Waals surface area contributed by atoms with Crippen LogP contribution in [0.15, 0.2) is 66.2 Å². The van der Waals surface area contributed by atoms with Crippen LogP contribution >= 0.6 is 23.2 Å². The molecule has 0 radical (unpaired) electrons. The predicted octanol–water partition coefficient (Wildman–Crippen LogP) is 6.12. The van der Waals surface area contributed by atoms with E-state index in [-0.39, 0.29) is 46.9 Å². The number of nitrogens with one attached hydrogen (secondary N) is 1. The molecular formula is C38H37Cl2N3O8. The number of hydrogen-bond donors (Lipinski definition) is 2. The molecule has 1 saturated carbocycles. The number of rotatable bonds is 9. The van der Waals surface area contributed by atoms with Crippen molar-refractivity contribution in [2.45, 2.75) is 37.5 Å². The van der Waals surface area contributed by atoms with Crippen LogP contribution in [-0.4, -0.2) is 66.5 Å². The highest BCUT2D eigenvalue weighted by Crippen LogP contribution is 2.65. The summed E-state index contributed by atoms with van der Waals surface area (Å²) in [4.78, 5) is 59.3. The highest BCUT2D eigenvalue weighted by molar-refractivity contribution is 6.36. The Bertz CT molecular complexity index is 1960. The Balaban J connectivity index is 1.49. The minimum atomic E-state index is -1.58. The lowest BCUT2D eigenvalue weighted by Gasteiger charge is -2.50. The van der Waals surface area contributed by atoms with Crippen LogP contribution in [0.4, 0.5) is 5.69 Å². The molecule has 266 valence electrons. The number of benzene rings is 3. The van der Waals surface area contributed by atoms with Gasteiger partial charge in [0.1, 0.15) is 5.75 Å². The molecule has 6 atom stereocenters. The van der Waals surface area contributed by atoms with Gasteiger partial charge in [-0.05, 0) is 78.8 Å². The molecule has 7 rings (SSSR count). The molecule has 0 aromatic heterocycles. The monoisotopic (exact) mass is 733 g/mol. The SMILES string of the molecule is CCCN1C(=O)[C@H]2[C@H](CC=C3[C@H]2C[C@H]2C(=O)N(Nc4ccc(Cl)cc4Cl)C(=O)[C@@]2(c2ccc(OC)cc2)[C@H]3c2cc(OC)c(O)c(OC)c2)C1=O. The Morgan fingerprint density at radius 2 is 1.57 bits per heavy atom. The van der Waals surface area contributed by atoms with Gasteiger partial charge < -0.3 is 19.3 Å². The van der Waals surface area contributed by atoms with Gasteiger partial charge >= 0.3 is 0 Å². The smallest absolute Gasteiger partial charge is 0.260 e. The highest BCUT2D eigenvalue weighted by atomic mass is 35.5. The van der Waals surface area contributed by atoms with Crippen molar-refractivity contribution in [1.29, 1.82) is 0 Å². The van der Waals surface area contributed by atoms with Crippen LogP contribution in [0.1, 0.15) is 43.2 Å². The van der Waals surface area contributed by atoms with E-state index in [1.807, 2.05) is 13.0 Å². The molecule has 2 N–H and O–H groups in total. The average molecular weight is 735 g/mol. The topological polar surface area (TPSA) is 135 Å². The Morgan fingerprint density at radius 1 is 0.882 bits per heavy atom. The number of allylic oxidation sites excluding steroid dienone is 2. The number of likely N-dealkylation sites (tertiary alicyclic amines) is 1. The molecule has 2 aliphatic heterocycles. The van der Waals surface area contributed by atoms with E-state index in [1.54, 1.807) is 48.5 Å². The molecule has 3 fully saturated rings. The Labute approximate surface area is 305 Å². The Morgan fingerprint density at radius 3 is 2.18 bits per heavy atom. The molecule has 2 saturated heterocycles. The summed E-state index contributed by atoms with van der Waals surface area (Å²) in [6.45, 7) is 2.22. The molecule has 2 aliphatic carbocycles. The molecule has 3 aromatic rings. The van der Waals surface area contributed by atoms with Gasteiger partial charge in [-0.15, -0.1) is 0 Å². The van der Waals surface area contributed by atoms with E-state index < -0.39 is 46.8 Å². The van der Waals surface area contributed by atoms with Crippen LogP contribution in [-0.2, 0) is 24.6 Å². The predicted molar refractivity (Wildman–Crippen MR) is 189 cm³/mol. The van der Waals surface area contributed by atoms with Crippen LogP contribution in [0.5, 0.6) is 23.0 Å². The van der Waals surface area contributed by atoms with E-state index >= 15 is 4.79 Å². The number of anilines is 1. The van der Waals surface area contributed by atoms with Gasteiger partial charge in [-0.3, -0.25) is 29.5 Å². The minimum Gasteiger partial charge on any atom is -0.502 e. The molecular weight excluding hydrogens is 697 g/mol. The summed E-state index contributed by atoms with van der Waals surface area (Å²) in [5.74, 6) is -4.74. The first kappa shape index (κ1) is 34.7. The van der Waals surface area contributed by atoms with Gasteiger partial charge in [0, 0.05) is 17.5 Å². The molecule has 13 heteroatoms. The lowest BCUT2D eigenvalue weighted by Crippen LogP contribution is -2.53. The van der Waals surface area contributed by atoms with Gasteiger partial charge in [0.05, 0.1) is 55.2 Å². The molecule has 2 heterocycles. The summed E-state index contributed by atoms with van der Waals surface area (Å²) in [6, 6.07) is 15.0. The highest BCUT2D eigenvalue weighted by Gasteiger charge is 2.70.